The Morgan fingerprint density at radius 3 is 1.23 bits per heavy atom. The number of likely N-dealkylation sites (tertiary alicyclic amines) is 3. The molecule has 8 aliphatic rings. The van der Waals surface area contributed by atoms with Crippen LogP contribution in [0.5, 0.6) is 46.0 Å². The highest BCUT2D eigenvalue weighted by Gasteiger charge is 2.47. The molecule has 8 aromatic carbocycles. The quantitative estimate of drug-likeness (QED) is 0.0167. The minimum absolute atomic E-state index is 0. The Morgan fingerprint density at radius 2 is 0.865 bits per heavy atom. The standard InChI is InChI=1S/C25H23N3O4.C21H20F3N3O3.C21H17F3N2O2.C20H19N3O3.C5H4O2.ClH.H3NO/c29-25-26-24(27-32-25)18-5-6-20-22(13-18)31-21-4-2-1-3-19(21)23(20)17-7-10-28(11-8-17)14-16-9-12-30-15-16;22-21(23,24)20(28)27-9-7-12(8-10-27)18-14-3-1-2-4-16(14)30-17-11-13(19(25)26-29)5-6-15(17)18;22-21(23,24)20(27)26-9-7-14(8-10-26)19-15-3-1-2-4-17(15)28-18-11-13(12-25)5-6-16(18)19;24-20-22-19(23-26-20)13-5-6-15-17(11-13)25-16-4-2-1-3-14(16)18(15)12-7-9-21-10-8-12;6-3-5-1-2-7-4-5;;1-2/h1-6,9,12-13,15,17,23H,7-8,10-11,14H2,(H,26,27,29);1-6,11-12,18,29H,7-10H2,(H2,25,26);1-6,11,14,19H,7-10H2;1-6,11-12,18,21H,7-10H2,(H,22,23,24);1-4H;1H;2H,1H2. The van der Waals surface area contributed by atoms with E-state index in [0.29, 0.717) is 94.8 Å². The van der Waals surface area contributed by atoms with Crippen LogP contribution in [0.2, 0.25) is 0 Å². The van der Waals surface area contributed by atoms with E-state index in [1.165, 1.54) is 40.3 Å². The van der Waals surface area contributed by atoms with E-state index in [9.17, 15) is 50.3 Å². The number of rotatable bonds is 10. The number of piperidine rings is 4. The zero-order valence-electron chi connectivity index (χ0n) is 67.5. The number of nitrogens with two attached hydrogens (primary N) is 2. The molecule has 126 heavy (non-hydrogen) atoms. The van der Waals surface area contributed by atoms with Crippen LogP contribution in [0.25, 0.3) is 22.8 Å². The first-order chi connectivity index (χ1) is 60.6. The highest BCUT2D eigenvalue weighted by atomic mass is 35.5. The Balaban J connectivity index is 0.000000132. The fraction of sp³-hybridized carbons (Fsp3) is 0.293. The fourth-order valence-electron chi connectivity index (χ4n) is 18.1. The van der Waals surface area contributed by atoms with Gasteiger partial charge in [-0.2, -0.15) is 31.6 Å². The number of nitrogens with one attached hydrogen (secondary N) is 3. The second kappa shape index (κ2) is 39.6. The molecule has 0 aliphatic carbocycles. The Bertz CT molecular complexity index is 5980. The summed E-state index contributed by atoms with van der Waals surface area (Å²) in [5.74, 6) is 7.29. The van der Waals surface area contributed by atoms with Crippen molar-refractivity contribution < 1.29 is 88.0 Å². The number of hydrogen-bond donors (Lipinski definition) is 7. The molecule has 654 valence electrons. The Morgan fingerprint density at radius 1 is 0.492 bits per heavy atom. The van der Waals surface area contributed by atoms with Crippen LogP contribution >= 0.6 is 12.4 Å². The number of amides is 2. The molecule has 8 aliphatic heterocycles. The topological polar surface area (TPSA) is 383 Å². The first kappa shape index (κ1) is 88.8. The van der Waals surface area contributed by atoms with Gasteiger partial charge in [0, 0.05) is 123 Å². The zero-order chi connectivity index (χ0) is 87.5. The molecule has 0 spiro atoms. The number of amidine groups is 1. The fourth-order valence-corrected chi connectivity index (χ4v) is 18.1. The molecule has 2 amide bonds. The lowest BCUT2D eigenvalue weighted by atomic mass is 9.74. The van der Waals surface area contributed by atoms with Crippen LogP contribution in [-0.2, 0) is 16.1 Å². The molecule has 9 N–H and O–H groups in total. The number of ether oxygens (including phenoxy) is 4. The number of benzene rings is 8. The summed E-state index contributed by atoms with van der Waals surface area (Å²) in [6.45, 7) is 5.42. The van der Waals surface area contributed by atoms with Gasteiger partial charge in [0.05, 0.1) is 36.0 Å². The van der Waals surface area contributed by atoms with E-state index in [0.717, 1.165) is 131 Å². The molecule has 4 aromatic heterocycles. The Kier molecular flexibility index (Phi) is 27.9. The molecule has 0 saturated carbocycles. The molecule has 4 unspecified atom stereocenters. The lowest BCUT2D eigenvalue weighted by Gasteiger charge is -2.39. The third-order valence-electron chi connectivity index (χ3n) is 24.0. The van der Waals surface area contributed by atoms with Crippen molar-refractivity contribution in [2.24, 2.45) is 40.5 Å². The van der Waals surface area contributed by atoms with Crippen molar-refractivity contribution in [2.75, 3.05) is 52.4 Å². The van der Waals surface area contributed by atoms with Crippen LogP contribution < -0.4 is 47.4 Å². The van der Waals surface area contributed by atoms with E-state index in [1.807, 2.05) is 122 Å². The van der Waals surface area contributed by atoms with Gasteiger partial charge in [0.15, 0.2) is 23.8 Å². The number of halogens is 7. The third kappa shape index (κ3) is 19.8. The predicted molar refractivity (Wildman–Crippen MR) is 449 cm³/mol. The largest absolute Gasteiger partial charge is 0.472 e. The van der Waals surface area contributed by atoms with E-state index in [2.05, 4.69) is 97.5 Å². The maximum Gasteiger partial charge on any atom is 0.471 e. The molecular formula is C92H87ClF6N12O15. The molecule has 20 rings (SSSR count). The van der Waals surface area contributed by atoms with E-state index in [-0.39, 0.29) is 74.0 Å². The number of hydrogen-bond acceptors (Lipinski definition) is 22. The van der Waals surface area contributed by atoms with Crippen molar-refractivity contribution >= 4 is 36.3 Å². The van der Waals surface area contributed by atoms with Crippen molar-refractivity contribution in [3.8, 4) is 74.8 Å². The van der Waals surface area contributed by atoms with E-state index < -0.39 is 35.7 Å². The molecule has 12 aromatic rings. The number of furan rings is 2. The molecule has 12 heterocycles. The van der Waals surface area contributed by atoms with Gasteiger partial charge in [-0.1, -0.05) is 131 Å². The molecule has 27 nitrogen and oxygen atoms in total. The van der Waals surface area contributed by atoms with Gasteiger partial charge < -0.3 is 59.0 Å². The first-order valence-corrected chi connectivity index (χ1v) is 40.7. The number of oxime groups is 1. The molecule has 0 bridgehead atoms. The Labute approximate surface area is 722 Å². The maximum absolute atomic E-state index is 12.8. The van der Waals surface area contributed by atoms with Gasteiger partial charge in [-0.25, -0.2) is 15.5 Å². The van der Waals surface area contributed by atoms with Crippen LogP contribution in [-0.4, -0.2) is 134 Å². The second-order valence-corrected chi connectivity index (χ2v) is 31.2. The minimum Gasteiger partial charge on any atom is -0.472 e. The third-order valence-corrected chi connectivity index (χ3v) is 24.0. The summed E-state index contributed by atoms with van der Waals surface area (Å²) in [6.07, 6.45) is 3.85. The molecule has 4 fully saturated rings. The average molecular weight is 1750 g/mol. The van der Waals surface area contributed by atoms with Gasteiger partial charge in [0.1, 0.15) is 52.3 Å². The highest BCUT2D eigenvalue weighted by molar-refractivity contribution is 5.97. The first-order valence-electron chi connectivity index (χ1n) is 40.7. The van der Waals surface area contributed by atoms with Crippen molar-refractivity contribution in [1.29, 1.82) is 5.26 Å². The SMILES string of the molecule is Cl.N#Cc1ccc2c(c1)Oc1ccccc1C2C1CCN(C(=O)C(F)(F)F)CC1.N/C(=N\O)c1ccc2c(c1)Oc1ccccc1C2C1CCN(C(=O)C(F)(F)F)CC1.NO.O=Cc1ccoc1.O=c1[nH]c(-c2ccc3c(c2)Oc2ccccc2C3C2CCN(Cc3ccoc3)CC2)no1.O=c1[nH]c(-c2ccc3c(c2)Oc2ccccc2C3C2CCNCC2)no1. The number of aromatic amines is 2. The van der Waals surface area contributed by atoms with Crippen LogP contribution in [0.1, 0.15) is 147 Å². The number of carbonyl (C=O) groups is 3. The van der Waals surface area contributed by atoms with Gasteiger partial charge in [0.25, 0.3) is 0 Å². The van der Waals surface area contributed by atoms with Crippen molar-refractivity contribution in [3.63, 3.8) is 0 Å². The summed E-state index contributed by atoms with van der Waals surface area (Å²) in [6, 6.07) is 60.0. The summed E-state index contributed by atoms with van der Waals surface area (Å²) in [5.41, 5.74) is 18.7. The average Bonchev–Trinajstić information content (AvgIpc) is 0.998. The summed E-state index contributed by atoms with van der Waals surface area (Å²) in [4.78, 5) is 65.0. The summed E-state index contributed by atoms with van der Waals surface area (Å²) in [7, 11) is 0. The minimum atomic E-state index is -4.85. The second-order valence-electron chi connectivity index (χ2n) is 31.2. The number of nitriles is 1. The summed E-state index contributed by atoms with van der Waals surface area (Å²) < 4.78 is 120. The number of para-hydroxylation sites is 4. The zero-order valence-corrected chi connectivity index (χ0v) is 68.3. The van der Waals surface area contributed by atoms with Gasteiger partial charge in [0.2, 0.25) is 0 Å². The Hall–Kier alpha value is -13.5. The van der Waals surface area contributed by atoms with Crippen molar-refractivity contribution in [3.05, 3.63) is 295 Å². The van der Waals surface area contributed by atoms with Crippen LogP contribution in [0.15, 0.2) is 240 Å². The summed E-state index contributed by atoms with van der Waals surface area (Å²) in [5, 5.41) is 38.7. The number of aldehydes is 1. The number of H-pyrrole nitrogens is 2. The number of fused-ring (bicyclic) bond motifs is 8. The maximum atomic E-state index is 12.8. The molecule has 4 atom stereocenters. The van der Waals surface area contributed by atoms with Gasteiger partial charge in [-0.3, -0.25) is 38.3 Å². The predicted octanol–water partition coefficient (Wildman–Crippen LogP) is 17.3. The van der Waals surface area contributed by atoms with E-state index in [1.54, 1.807) is 36.6 Å². The van der Waals surface area contributed by atoms with Gasteiger partial charge in [-0.15, -0.1) is 12.4 Å². The molecule has 4 saturated heterocycles. The van der Waals surface area contributed by atoms with Crippen molar-refractivity contribution in [1.82, 2.24) is 40.3 Å². The molecular weight excluding hydrogens is 1660 g/mol. The lowest BCUT2D eigenvalue weighted by Crippen LogP contribution is -2.46. The van der Waals surface area contributed by atoms with Crippen molar-refractivity contribution in [2.45, 2.75) is 93.9 Å². The monoisotopic (exact) mass is 1750 g/mol. The normalized spacial score (nSPS) is 18.2. The van der Waals surface area contributed by atoms with Gasteiger partial charge >= 0.3 is 35.7 Å². The number of aromatic nitrogens is 4. The lowest BCUT2D eigenvalue weighted by molar-refractivity contribution is -0.186. The van der Waals surface area contributed by atoms with E-state index in [4.69, 9.17) is 44.8 Å². The van der Waals surface area contributed by atoms with Crippen LogP contribution in [0, 0.1) is 35.0 Å². The number of nitrogens with zero attached hydrogens (tertiary/aromatic N) is 7. The highest BCUT2D eigenvalue weighted by Crippen LogP contribution is 2.55. The molecule has 0 radical (unpaired) electrons. The van der Waals surface area contributed by atoms with E-state index >= 15 is 0 Å². The van der Waals surface area contributed by atoms with Crippen LogP contribution in [0.3, 0.4) is 0 Å². The summed E-state index contributed by atoms with van der Waals surface area (Å²) >= 11 is 0. The van der Waals surface area contributed by atoms with Gasteiger partial charge in [-0.05, 0) is 168 Å². The smallest absolute Gasteiger partial charge is 0.471 e. The number of carbonyl (C=O) groups excluding carboxylic acids is 3. The molecule has 34 heteroatoms. The number of alkyl halides is 6. The van der Waals surface area contributed by atoms with Crippen LogP contribution in [0.4, 0.5) is 26.3 Å².